The highest BCUT2D eigenvalue weighted by Crippen LogP contribution is 2.50. The van der Waals surface area contributed by atoms with Crippen LogP contribution >= 0.6 is 0 Å². The van der Waals surface area contributed by atoms with E-state index in [1.165, 1.54) is 31.2 Å². The quantitative estimate of drug-likeness (QED) is 0.455. The van der Waals surface area contributed by atoms with Gasteiger partial charge in [-0.05, 0) is 60.1 Å². The Bertz CT molecular complexity index is 663. The highest BCUT2D eigenvalue weighted by atomic mass is 16.7. The molecule has 30 heavy (non-hydrogen) atoms. The van der Waals surface area contributed by atoms with Gasteiger partial charge in [-0.1, -0.05) is 58.6 Å². The number of aromatic hydroxyl groups is 1. The molecule has 0 amide bonds. The highest BCUT2D eigenvalue weighted by Gasteiger charge is 2.45. The van der Waals surface area contributed by atoms with Gasteiger partial charge in [0.1, 0.15) is 5.75 Å². The zero-order chi connectivity index (χ0) is 21.6. The van der Waals surface area contributed by atoms with E-state index in [-0.39, 0.29) is 17.9 Å². The molecule has 1 heterocycles. The molecule has 2 N–H and O–H groups in total. The number of phenolic OH excluding ortho intramolecular Hbond substituents is 1. The van der Waals surface area contributed by atoms with Gasteiger partial charge in [-0.15, -0.1) is 0 Å². The SMILES string of the molecule is CCCCCCC(C)(C)c1ccc([C@@H]2CC3(CC[C@H]2CCCO)OCCO3)c(O)c1. The van der Waals surface area contributed by atoms with E-state index in [0.717, 1.165) is 44.1 Å². The van der Waals surface area contributed by atoms with E-state index >= 15 is 0 Å². The Balaban J connectivity index is 1.77. The number of hydrogen-bond acceptors (Lipinski definition) is 4. The summed E-state index contributed by atoms with van der Waals surface area (Å²) in [6.07, 6.45) is 10.7. The van der Waals surface area contributed by atoms with Gasteiger partial charge in [-0.3, -0.25) is 0 Å². The van der Waals surface area contributed by atoms with Crippen LogP contribution in [0.25, 0.3) is 0 Å². The van der Waals surface area contributed by atoms with Crippen LogP contribution in [0.15, 0.2) is 18.2 Å². The zero-order valence-electron chi connectivity index (χ0n) is 19.3. The number of rotatable bonds is 10. The van der Waals surface area contributed by atoms with Crippen LogP contribution in [0.2, 0.25) is 0 Å². The van der Waals surface area contributed by atoms with E-state index in [2.05, 4.69) is 32.9 Å². The zero-order valence-corrected chi connectivity index (χ0v) is 19.3. The average Bonchev–Trinajstić information content (AvgIpc) is 3.18. The van der Waals surface area contributed by atoms with Crippen molar-refractivity contribution in [2.45, 2.75) is 102 Å². The lowest BCUT2D eigenvalue weighted by atomic mass is 9.70. The molecule has 2 fully saturated rings. The van der Waals surface area contributed by atoms with Crippen LogP contribution in [0.5, 0.6) is 5.75 Å². The van der Waals surface area contributed by atoms with Crippen molar-refractivity contribution in [2.75, 3.05) is 19.8 Å². The molecule has 0 bridgehead atoms. The molecular weight excluding hydrogens is 376 g/mol. The highest BCUT2D eigenvalue weighted by molar-refractivity contribution is 5.42. The van der Waals surface area contributed by atoms with Gasteiger partial charge in [0.2, 0.25) is 0 Å². The Kier molecular flexibility index (Phi) is 8.23. The molecule has 1 aromatic carbocycles. The molecule has 0 unspecified atom stereocenters. The minimum Gasteiger partial charge on any atom is -0.508 e. The average molecular weight is 419 g/mol. The Hall–Kier alpha value is -1.10. The normalized spacial score (nSPS) is 23.9. The fourth-order valence-corrected chi connectivity index (χ4v) is 5.45. The lowest BCUT2D eigenvalue weighted by Gasteiger charge is -2.41. The Morgan fingerprint density at radius 3 is 2.53 bits per heavy atom. The molecule has 2 aliphatic rings. The molecule has 1 aliphatic carbocycles. The molecule has 170 valence electrons. The van der Waals surface area contributed by atoms with Crippen molar-refractivity contribution in [3.63, 3.8) is 0 Å². The summed E-state index contributed by atoms with van der Waals surface area (Å²) in [6.45, 7) is 8.35. The van der Waals surface area contributed by atoms with Crippen LogP contribution in [0.3, 0.4) is 0 Å². The van der Waals surface area contributed by atoms with Crippen LogP contribution in [-0.2, 0) is 14.9 Å². The van der Waals surface area contributed by atoms with Crippen LogP contribution in [0.1, 0.15) is 102 Å². The number of benzene rings is 1. The van der Waals surface area contributed by atoms with E-state index in [1.807, 2.05) is 6.07 Å². The van der Waals surface area contributed by atoms with Crippen molar-refractivity contribution in [2.24, 2.45) is 5.92 Å². The maximum absolute atomic E-state index is 11.1. The predicted molar refractivity (Wildman–Crippen MR) is 121 cm³/mol. The number of aliphatic hydroxyl groups is 1. The van der Waals surface area contributed by atoms with E-state index in [1.54, 1.807) is 0 Å². The van der Waals surface area contributed by atoms with Crippen molar-refractivity contribution in [3.05, 3.63) is 29.3 Å². The first-order valence-corrected chi connectivity index (χ1v) is 12.1. The van der Waals surface area contributed by atoms with Crippen molar-refractivity contribution in [3.8, 4) is 5.75 Å². The molecule has 2 atom stereocenters. The molecule has 3 rings (SSSR count). The second-order valence-corrected chi connectivity index (χ2v) is 10.1. The molecule has 4 nitrogen and oxygen atoms in total. The van der Waals surface area contributed by atoms with E-state index in [0.29, 0.717) is 24.9 Å². The summed E-state index contributed by atoms with van der Waals surface area (Å²) in [4.78, 5) is 0. The number of hydrogen-bond donors (Lipinski definition) is 2. The van der Waals surface area contributed by atoms with Crippen LogP contribution in [-0.4, -0.2) is 35.8 Å². The number of unbranched alkanes of at least 4 members (excludes halogenated alkanes) is 3. The minimum atomic E-state index is -0.482. The van der Waals surface area contributed by atoms with Crippen LogP contribution < -0.4 is 0 Å². The van der Waals surface area contributed by atoms with Crippen LogP contribution in [0, 0.1) is 5.92 Å². The third-order valence-corrected chi connectivity index (χ3v) is 7.41. The third kappa shape index (κ3) is 5.57. The monoisotopic (exact) mass is 418 g/mol. The number of ether oxygens (including phenoxy) is 2. The predicted octanol–water partition coefficient (Wildman–Crippen LogP) is 6.04. The maximum Gasteiger partial charge on any atom is 0.169 e. The summed E-state index contributed by atoms with van der Waals surface area (Å²) in [5.74, 6) is 0.562. The van der Waals surface area contributed by atoms with Gasteiger partial charge >= 0.3 is 0 Å². The Labute approximate surface area is 183 Å². The standard InChI is InChI=1S/C26H42O4/c1-4-5-6-7-13-25(2,3)21-10-11-22(24(28)18-21)23-19-26(29-16-17-30-26)14-12-20(23)9-8-15-27/h10-11,18,20,23,27-28H,4-9,12-17,19H2,1-3H3/t20-,23-/m1/s1. The first-order chi connectivity index (χ1) is 14.4. The molecule has 1 spiro atoms. The Morgan fingerprint density at radius 1 is 1.10 bits per heavy atom. The minimum absolute atomic E-state index is 0.0610. The van der Waals surface area contributed by atoms with E-state index in [4.69, 9.17) is 9.47 Å². The molecule has 1 aromatic rings. The van der Waals surface area contributed by atoms with E-state index < -0.39 is 5.79 Å². The second-order valence-electron chi connectivity index (χ2n) is 10.1. The third-order valence-electron chi connectivity index (χ3n) is 7.41. The van der Waals surface area contributed by atoms with Crippen LogP contribution in [0.4, 0.5) is 0 Å². The summed E-state index contributed by atoms with van der Waals surface area (Å²) in [7, 11) is 0. The fourth-order valence-electron chi connectivity index (χ4n) is 5.45. The van der Waals surface area contributed by atoms with Crippen molar-refractivity contribution < 1.29 is 19.7 Å². The smallest absolute Gasteiger partial charge is 0.169 e. The summed E-state index contributed by atoms with van der Waals surface area (Å²) >= 11 is 0. The summed E-state index contributed by atoms with van der Waals surface area (Å²) in [5, 5.41) is 20.4. The first-order valence-electron chi connectivity index (χ1n) is 12.1. The summed E-state index contributed by atoms with van der Waals surface area (Å²) in [6, 6.07) is 6.36. The number of phenols is 1. The van der Waals surface area contributed by atoms with Gasteiger partial charge < -0.3 is 19.7 Å². The van der Waals surface area contributed by atoms with Crippen molar-refractivity contribution in [1.82, 2.24) is 0 Å². The number of aliphatic hydroxyl groups excluding tert-OH is 1. The lowest BCUT2D eigenvalue weighted by molar-refractivity contribution is -0.187. The van der Waals surface area contributed by atoms with Gasteiger partial charge in [0.25, 0.3) is 0 Å². The summed E-state index contributed by atoms with van der Waals surface area (Å²) in [5.41, 5.74) is 2.29. The summed E-state index contributed by atoms with van der Waals surface area (Å²) < 4.78 is 12.0. The lowest BCUT2D eigenvalue weighted by Crippen LogP contribution is -2.39. The molecule has 0 aromatic heterocycles. The van der Waals surface area contributed by atoms with E-state index in [9.17, 15) is 10.2 Å². The molecule has 1 aliphatic heterocycles. The van der Waals surface area contributed by atoms with Gasteiger partial charge in [-0.2, -0.15) is 0 Å². The van der Waals surface area contributed by atoms with Crippen molar-refractivity contribution in [1.29, 1.82) is 0 Å². The molecular formula is C26H42O4. The Morgan fingerprint density at radius 2 is 1.87 bits per heavy atom. The first kappa shape index (κ1) is 23.6. The molecule has 1 saturated heterocycles. The van der Waals surface area contributed by atoms with Gasteiger partial charge in [0, 0.05) is 19.4 Å². The van der Waals surface area contributed by atoms with Gasteiger partial charge in [0.15, 0.2) is 5.79 Å². The molecule has 0 radical (unpaired) electrons. The largest absolute Gasteiger partial charge is 0.508 e. The van der Waals surface area contributed by atoms with Crippen molar-refractivity contribution >= 4 is 0 Å². The second kappa shape index (κ2) is 10.5. The molecule has 1 saturated carbocycles. The van der Waals surface area contributed by atoms with Gasteiger partial charge in [-0.25, -0.2) is 0 Å². The van der Waals surface area contributed by atoms with Gasteiger partial charge in [0.05, 0.1) is 13.2 Å². The molecule has 4 heteroatoms. The topological polar surface area (TPSA) is 58.9 Å². The maximum atomic E-state index is 11.1. The fraction of sp³-hybridized carbons (Fsp3) is 0.769.